The predicted octanol–water partition coefficient (Wildman–Crippen LogP) is 3.68. The Morgan fingerprint density at radius 2 is 1.95 bits per heavy atom. The van der Waals surface area contributed by atoms with E-state index in [1.807, 2.05) is 0 Å². The monoisotopic (exact) mass is 280 g/mol. The van der Waals surface area contributed by atoms with E-state index in [1.165, 1.54) is 38.5 Å². The lowest BCUT2D eigenvalue weighted by atomic mass is 9.78. The van der Waals surface area contributed by atoms with Gasteiger partial charge in [0.25, 0.3) is 0 Å². The van der Waals surface area contributed by atoms with Crippen LogP contribution in [0.15, 0.2) is 0 Å². The van der Waals surface area contributed by atoms with Crippen LogP contribution in [0.25, 0.3) is 0 Å². The maximum absolute atomic E-state index is 5.38. The quantitative estimate of drug-likeness (QED) is 0.840. The number of piperidine rings is 1. The first kappa shape index (κ1) is 13.2. The molecule has 4 nitrogen and oxygen atoms in total. The van der Waals surface area contributed by atoms with Crippen LogP contribution in [0.5, 0.6) is 0 Å². The Bertz CT molecular complexity index is 488. The minimum absolute atomic E-state index is 0.366. The molecule has 106 valence electrons. The van der Waals surface area contributed by atoms with E-state index in [-0.39, 0.29) is 0 Å². The van der Waals surface area contributed by atoms with Gasteiger partial charge in [0, 0.05) is 18.6 Å². The number of rotatable bonds is 2. The van der Waals surface area contributed by atoms with Crippen LogP contribution in [0.3, 0.4) is 0 Å². The average molecular weight is 280 g/mol. The summed E-state index contributed by atoms with van der Waals surface area (Å²) in [5.74, 6) is 1.94. The molecule has 0 radical (unpaired) electrons. The second kappa shape index (κ2) is 5.27. The van der Waals surface area contributed by atoms with Crippen LogP contribution in [0.2, 0.25) is 0 Å². The molecule has 0 aromatic carbocycles. The molecule has 3 rings (SSSR count). The Balaban J connectivity index is 1.94. The van der Waals surface area contributed by atoms with Gasteiger partial charge in [-0.05, 0) is 57.7 Å². The summed E-state index contributed by atoms with van der Waals surface area (Å²) in [7, 11) is 0. The minimum atomic E-state index is 0.366. The lowest BCUT2D eigenvalue weighted by Gasteiger charge is -2.44. The van der Waals surface area contributed by atoms with Crippen molar-refractivity contribution in [1.29, 1.82) is 0 Å². The van der Waals surface area contributed by atoms with Gasteiger partial charge in [0.1, 0.15) is 0 Å². The topological polar surface area (TPSA) is 36.9 Å². The number of aromatic amines is 1. The van der Waals surface area contributed by atoms with Gasteiger partial charge in [-0.15, -0.1) is 5.10 Å². The third-order valence-corrected chi connectivity index (χ3v) is 4.99. The third-order valence-electron chi connectivity index (χ3n) is 4.70. The number of nitrogens with zero attached hydrogens (tertiary/aromatic N) is 3. The molecule has 1 aliphatic heterocycles. The van der Waals surface area contributed by atoms with Crippen LogP contribution in [0, 0.1) is 10.7 Å². The lowest BCUT2D eigenvalue weighted by Crippen LogP contribution is -2.48. The van der Waals surface area contributed by atoms with E-state index in [2.05, 4.69) is 33.5 Å². The van der Waals surface area contributed by atoms with Gasteiger partial charge in [-0.25, -0.2) is 5.10 Å². The van der Waals surface area contributed by atoms with Gasteiger partial charge < -0.3 is 4.90 Å². The van der Waals surface area contributed by atoms with Crippen molar-refractivity contribution in [2.75, 3.05) is 11.4 Å². The molecule has 2 aliphatic rings. The Hall–Kier alpha value is -0.840. The number of hydrogen-bond acceptors (Lipinski definition) is 3. The van der Waals surface area contributed by atoms with Crippen LogP contribution in [-0.2, 0) is 0 Å². The Labute approximate surface area is 120 Å². The molecule has 1 N–H and O–H groups in total. The Morgan fingerprint density at radius 1 is 1.21 bits per heavy atom. The van der Waals surface area contributed by atoms with Gasteiger partial charge >= 0.3 is 0 Å². The second-order valence-corrected chi connectivity index (χ2v) is 6.63. The number of anilines is 1. The first-order valence-corrected chi connectivity index (χ1v) is 8.03. The maximum atomic E-state index is 5.38. The summed E-state index contributed by atoms with van der Waals surface area (Å²) in [6, 6.07) is 1.05. The normalized spacial score (nSPS) is 27.6. The fourth-order valence-corrected chi connectivity index (χ4v) is 4.18. The molecule has 1 saturated heterocycles. The van der Waals surface area contributed by atoms with E-state index in [0.29, 0.717) is 12.1 Å². The molecule has 0 unspecified atom stereocenters. The summed E-state index contributed by atoms with van der Waals surface area (Å²) < 4.78 is 2.93. The smallest absolute Gasteiger partial charge is 0.226 e. The molecule has 1 aliphatic carbocycles. The Morgan fingerprint density at radius 3 is 2.74 bits per heavy atom. The number of aromatic nitrogens is 3. The largest absolute Gasteiger partial charge is 0.338 e. The molecule has 1 aromatic rings. The highest BCUT2D eigenvalue weighted by Gasteiger charge is 2.35. The molecule has 0 amide bonds. The zero-order valence-electron chi connectivity index (χ0n) is 11.9. The highest BCUT2D eigenvalue weighted by atomic mass is 32.1. The van der Waals surface area contributed by atoms with Crippen LogP contribution in [0.1, 0.15) is 58.4 Å². The molecule has 2 atom stereocenters. The average Bonchev–Trinajstić information content (AvgIpc) is 2.80. The number of H-pyrrole nitrogens is 1. The first-order valence-electron chi connectivity index (χ1n) is 7.62. The molecule has 2 fully saturated rings. The zero-order chi connectivity index (χ0) is 13.4. The van der Waals surface area contributed by atoms with Gasteiger partial charge in [0.05, 0.1) is 0 Å². The number of fused-ring (bicyclic) bond motifs is 1. The third kappa shape index (κ3) is 2.33. The SMILES string of the molecule is CC(C)n1c(N2CCC[C@H]3CCCC[C@H]32)n[nH]c1=S. The van der Waals surface area contributed by atoms with Crippen molar-refractivity contribution < 1.29 is 0 Å². The van der Waals surface area contributed by atoms with E-state index in [9.17, 15) is 0 Å². The summed E-state index contributed by atoms with van der Waals surface area (Å²) in [5.41, 5.74) is 0. The van der Waals surface area contributed by atoms with Crippen LogP contribution in [0.4, 0.5) is 5.95 Å². The van der Waals surface area contributed by atoms with Gasteiger partial charge in [0.2, 0.25) is 5.95 Å². The lowest BCUT2D eigenvalue weighted by molar-refractivity contribution is 0.239. The van der Waals surface area contributed by atoms with Gasteiger partial charge in [-0.2, -0.15) is 0 Å². The standard InChI is InChI=1S/C14H24N4S/c1-10(2)18-13(15-16-14(18)19)17-9-5-7-11-6-3-4-8-12(11)17/h10-12H,3-9H2,1-2H3,(H,16,19)/t11-,12-/m1/s1. The van der Waals surface area contributed by atoms with Crippen molar-refractivity contribution in [3.05, 3.63) is 4.77 Å². The van der Waals surface area contributed by atoms with Crippen molar-refractivity contribution in [3.63, 3.8) is 0 Å². The van der Waals surface area contributed by atoms with Crippen LogP contribution >= 0.6 is 12.2 Å². The molecule has 0 spiro atoms. The molecule has 19 heavy (non-hydrogen) atoms. The fraction of sp³-hybridized carbons (Fsp3) is 0.857. The zero-order valence-corrected chi connectivity index (χ0v) is 12.7. The fourth-order valence-electron chi connectivity index (χ4n) is 3.84. The number of hydrogen-bond donors (Lipinski definition) is 1. The molecular weight excluding hydrogens is 256 g/mol. The molecule has 1 saturated carbocycles. The van der Waals surface area contributed by atoms with Gasteiger partial charge in [-0.1, -0.05) is 12.8 Å². The van der Waals surface area contributed by atoms with E-state index >= 15 is 0 Å². The van der Waals surface area contributed by atoms with Crippen molar-refractivity contribution in [2.45, 2.75) is 64.5 Å². The van der Waals surface area contributed by atoms with E-state index in [0.717, 1.165) is 23.2 Å². The summed E-state index contributed by atoms with van der Waals surface area (Å²) in [6.45, 7) is 5.49. The molecule has 1 aromatic heterocycles. The molecule has 5 heteroatoms. The number of nitrogens with one attached hydrogen (secondary N) is 1. The first-order chi connectivity index (χ1) is 9.18. The maximum Gasteiger partial charge on any atom is 0.226 e. The van der Waals surface area contributed by atoms with Crippen molar-refractivity contribution in [3.8, 4) is 0 Å². The molecular formula is C14H24N4S. The van der Waals surface area contributed by atoms with Gasteiger partial charge in [0.15, 0.2) is 4.77 Å². The second-order valence-electron chi connectivity index (χ2n) is 6.24. The van der Waals surface area contributed by atoms with Crippen LogP contribution in [-0.4, -0.2) is 27.4 Å². The van der Waals surface area contributed by atoms with E-state index < -0.39 is 0 Å². The summed E-state index contributed by atoms with van der Waals surface area (Å²) in [5, 5.41) is 7.51. The molecule has 2 heterocycles. The van der Waals surface area contributed by atoms with Crippen LogP contribution < -0.4 is 4.90 Å². The van der Waals surface area contributed by atoms with Crippen molar-refractivity contribution in [1.82, 2.24) is 14.8 Å². The highest BCUT2D eigenvalue weighted by molar-refractivity contribution is 7.71. The summed E-state index contributed by atoms with van der Waals surface area (Å²) >= 11 is 5.38. The van der Waals surface area contributed by atoms with Crippen molar-refractivity contribution in [2.24, 2.45) is 5.92 Å². The highest BCUT2D eigenvalue weighted by Crippen LogP contribution is 2.37. The molecule has 0 bridgehead atoms. The van der Waals surface area contributed by atoms with E-state index in [4.69, 9.17) is 12.2 Å². The van der Waals surface area contributed by atoms with E-state index in [1.54, 1.807) is 0 Å². The minimum Gasteiger partial charge on any atom is -0.338 e. The summed E-state index contributed by atoms with van der Waals surface area (Å²) in [4.78, 5) is 2.53. The predicted molar refractivity (Wildman–Crippen MR) is 80.1 cm³/mol. The van der Waals surface area contributed by atoms with Gasteiger partial charge in [-0.3, -0.25) is 4.57 Å². The Kier molecular flexibility index (Phi) is 3.65. The summed E-state index contributed by atoms with van der Waals surface area (Å²) in [6.07, 6.45) is 8.18. The van der Waals surface area contributed by atoms with Crippen molar-refractivity contribution >= 4 is 18.2 Å².